The molecule has 0 aliphatic heterocycles. The predicted molar refractivity (Wildman–Crippen MR) is 103 cm³/mol. The Labute approximate surface area is 153 Å². The van der Waals surface area contributed by atoms with Crippen LogP contribution in [-0.2, 0) is 11.3 Å². The lowest BCUT2D eigenvalue weighted by Gasteiger charge is -2.12. The summed E-state index contributed by atoms with van der Waals surface area (Å²) in [7, 11) is 0. The van der Waals surface area contributed by atoms with Gasteiger partial charge in [-0.15, -0.1) is 0 Å². The number of aryl methyl sites for hydroxylation is 1. The summed E-state index contributed by atoms with van der Waals surface area (Å²) in [5.41, 5.74) is 2.85. The Morgan fingerprint density at radius 3 is 2.67 bits per heavy atom. The third-order valence-electron chi connectivity index (χ3n) is 3.70. The summed E-state index contributed by atoms with van der Waals surface area (Å²) in [4.78, 5) is 17.1. The zero-order valence-corrected chi connectivity index (χ0v) is 15.9. The summed E-state index contributed by atoms with van der Waals surface area (Å²) < 4.78 is 3.13. The van der Waals surface area contributed by atoms with Crippen LogP contribution in [0.1, 0.15) is 13.8 Å². The fourth-order valence-corrected chi connectivity index (χ4v) is 3.69. The molecule has 124 valence electrons. The number of para-hydroxylation sites is 2. The van der Waals surface area contributed by atoms with Crippen LogP contribution in [0.4, 0.5) is 5.69 Å². The molecule has 3 rings (SSSR count). The Kier molecular flexibility index (Phi) is 5.26. The van der Waals surface area contributed by atoms with E-state index in [9.17, 15) is 4.79 Å². The smallest absolute Gasteiger partial charge is 0.237 e. The van der Waals surface area contributed by atoms with Crippen LogP contribution < -0.4 is 5.32 Å². The van der Waals surface area contributed by atoms with E-state index in [1.807, 2.05) is 49.4 Å². The first kappa shape index (κ1) is 17.0. The molecule has 0 bridgehead atoms. The molecular formula is C18H18BrN3OS. The molecule has 1 aromatic heterocycles. The highest BCUT2D eigenvalue weighted by Gasteiger charge is 2.19. The molecule has 0 aliphatic carbocycles. The van der Waals surface area contributed by atoms with Crippen molar-refractivity contribution in [2.45, 2.75) is 30.8 Å². The number of carbonyl (C=O) groups excluding carboxylic acids is 1. The van der Waals surface area contributed by atoms with E-state index in [4.69, 9.17) is 0 Å². The van der Waals surface area contributed by atoms with E-state index >= 15 is 0 Å². The number of imidazole rings is 1. The molecule has 0 unspecified atom stereocenters. The maximum atomic E-state index is 12.4. The van der Waals surface area contributed by atoms with Crippen molar-refractivity contribution < 1.29 is 4.79 Å². The molecule has 1 heterocycles. The lowest BCUT2D eigenvalue weighted by atomic mass is 10.3. The van der Waals surface area contributed by atoms with Gasteiger partial charge < -0.3 is 9.88 Å². The van der Waals surface area contributed by atoms with E-state index in [-0.39, 0.29) is 11.2 Å². The summed E-state index contributed by atoms with van der Waals surface area (Å²) in [5, 5.41) is 3.58. The number of rotatable bonds is 5. The van der Waals surface area contributed by atoms with Crippen molar-refractivity contribution in [3.05, 3.63) is 53.0 Å². The lowest BCUT2D eigenvalue weighted by Crippen LogP contribution is -2.22. The van der Waals surface area contributed by atoms with E-state index in [0.717, 1.165) is 32.9 Å². The molecule has 0 aliphatic rings. The molecule has 0 fully saturated rings. The molecule has 0 saturated heterocycles. The van der Waals surface area contributed by atoms with E-state index in [2.05, 4.69) is 43.8 Å². The molecule has 1 atom stereocenters. The van der Waals surface area contributed by atoms with Crippen LogP contribution in [0.25, 0.3) is 11.0 Å². The highest BCUT2D eigenvalue weighted by atomic mass is 79.9. The molecule has 1 amide bonds. The normalized spacial score (nSPS) is 12.3. The molecule has 0 saturated carbocycles. The number of carbonyl (C=O) groups is 1. The molecule has 4 nitrogen and oxygen atoms in total. The van der Waals surface area contributed by atoms with E-state index in [1.165, 1.54) is 11.8 Å². The SMILES string of the molecule is CCn1c(S[C@H](C)C(=O)Nc2ccc(Br)cc2)nc2ccccc21. The molecule has 0 radical (unpaired) electrons. The van der Waals surface area contributed by atoms with Gasteiger partial charge >= 0.3 is 0 Å². The molecule has 6 heteroatoms. The van der Waals surface area contributed by atoms with Gasteiger partial charge in [0.1, 0.15) is 0 Å². The van der Waals surface area contributed by atoms with Crippen molar-refractivity contribution in [3.63, 3.8) is 0 Å². The Balaban J connectivity index is 1.75. The molecule has 3 aromatic rings. The zero-order valence-electron chi connectivity index (χ0n) is 13.5. The second-order valence-electron chi connectivity index (χ2n) is 5.38. The highest BCUT2D eigenvalue weighted by molar-refractivity contribution is 9.10. The summed E-state index contributed by atoms with van der Waals surface area (Å²) in [6.45, 7) is 4.81. The van der Waals surface area contributed by atoms with E-state index in [0.29, 0.717) is 0 Å². The summed E-state index contributed by atoms with van der Waals surface area (Å²) in [5.74, 6) is -0.0305. The Morgan fingerprint density at radius 2 is 1.96 bits per heavy atom. The Morgan fingerprint density at radius 1 is 1.25 bits per heavy atom. The molecule has 2 aromatic carbocycles. The number of benzene rings is 2. The fourth-order valence-electron chi connectivity index (χ4n) is 2.44. The molecule has 1 N–H and O–H groups in total. The molecule has 0 spiro atoms. The van der Waals surface area contributed by atoms with Gasteiger partial charge in [0.2, 0.25) is 5.91 Å². The fraction of sp³-hybridized carbons (Fsp3) is 0.222. The highest BCUT2D eigenvalue weighted by Crippen LogP contribution is 2.28. The van der Waals surface area contributed by atoms with Crippen LogP contribution >= 0.6 is 27.7 Å². The predicted octanol–water partition coefficient (Wildman–Crippen LogP) is 4.94. The Bertz CT molecular complexity index is 860. The zero-order chi connectivity index (χ0) is 17.1. The number of hydrogen-bond acceptors (Lipinski definition) is 3. The summed E-state index contributed by atoms with van der Waals surface area (Å²) >= 11 is 4.87. The van der Waals surface area contributed by atoms with Gasteiger partial charge in [0.15, 0.2) is 5.16 Å². The number of halogens is 1. The Hall–Kier alpha value is -1.79. The number of hydrogen-bond donors (Lipinski definition) is 1. The maximum Gasteiger partial charge on any atom is 0.237 e. The average molecular weight is 404 g/mol. The maximum absolute atomic E-state index is 12.4. The van der Waals surface area contributed by atoms with Crippen LogP contribution in [0.15, 0.2) is 58.2 Å². The lowest BCUT2D eigenvalue weighted by molar-refractivity contribution is -0.115. The minimum Gasteiger partial charge on any atom is -0.325 e. The number of aromatic nitrogens is 2. The second-order valence-corrected chi connectivity index (χ2v) is 7.61. The van der Waals surface area contributed by atoms with Crippen molar-refractivity contribution in [1.82, 2.24) is 9.55 Å². The van der Waals surface area contributed by atoms with Gasteiger partial charge in [-0.2, -0.15) is 0 Å². The van der Waals surface area contributed by atoms with Crippen LogP contribution in [0.2, 0.25) is 0 Å². The monoisotopic (exact) mass is 403 g/mol. The number of anilines is 1. The van der Waals surface area contributed by atoms with Crippen molar-refractivity contribution in [2.75, 3.05) is 5.32 Å². The molecular weight excluding hydrogens is 386 g/mol. The van der Waals surface area contributed by atoms with Crippen molar-refractivity contribution >= 4 is 50.3 Å². The third kappa shape index (κ3) is 3.65. The summed E-state index contributed by atoms with van der Waals surface area (Å²) in [6, 6.07) is 15.6. The van der Waals surface area contributed by atoms with Crippen molar-refractivity contribution in [3.8, 4) is 0 Å². The summed E-state index contributed by atoms with van der Waals surface area (Å²) in [6.07, 6.45) is 0. The van der Waals surface area contributed by atoms with Crippen molar-refractivity contribution in [1.29, 1.82) is 0 Å². The van der Waals surface area contributed by atoms with Gasteiger partial charge in [-0.05, 0) is 50.2 Å². The molecule has 24 heavy (non-hydrogen) atoms. The quantitative estimate of drug-likeness (QED) is 0.613. The number of thioether (sulfide) groups is 1. The van der Waals surface area contributed by atoms with E-state index < -0.39 is 0 Å². The first-order chi connectivity index (χ1) is 11.6. The second kappa shape index (κ2) is 7.40. The van der Waals surface area contributed by atoms with Gasteiger partial charge in [0, 0.05) is 16.7 Å². The van der Waals surface area contributed by atoms with Crippen LogP contribution in [0.5, 0.6) is 0 Å². The van der Waals surface area contributed by atoms with Crippen LogP contribution in [0.3, 0.4) is 0 Å². The topological polar surface area (TPSA) is 46.9 Å². The number of amides is 1. The first-order valence-electron chi connectivity index (χ1n) is 7.77. The van der Waals surface area contributed by atoms with Crippen LogP contribution in [-0.4, -0.2) is 20.7 Å². The van der Waals surface area contributed by atoms with Gasteiger partial charge in [0.05, 0.1) is 16.3 Å². The van der Waals surface area contributed by atoms with Gasteiger partial charge in [0.25, 0.3) is 0 Å². The number of fused-ring (bicyclic) bond motifs is 1. The van der Waals surface area contributed by atoms with Crippen molar-refractivity contribution in [2.24, 2.45) is 0 Å². The number of nitrogens with one attached hydrogen (secondary N) is 1. The van der Waals surface area contributed by atoms with Gasteiger partial charge in [-0.25, -0.2) is 4.98 Å². The van der Waals surface area contributed by atoms with Gasteiger partial charge in [-0.3, -0.25) is 4.79 Å². The van der Waals surface area contributed by atoms with Crippen LogP contribution in [0, 0.1) is 0 Å². The van der Waals surface area contributed by atoms with Gasteiger partial charge in [-0.1, -0.05) is 39.8 Å². The minimum absolute atomic E-state index is 0.0305. The number of nitrogens with zero attached hydrogens (tertiary/aromatic N) is 2. The van der Waals surface area contributed by atoms with E-state index in [1.54, 1.807) is 0 Å². The third-order valence-corrected chi connectivity index (χ3v) is 5.32. The standard InChI is InChI=1S/C18H18BrN3OS/c1-3-22-16-7-5-4-6-15(16)21-18(22)24-12(2)17(23)20-14-10-8-13(19)9-11-14/h4-12H,3H2,1-2H3,(H,20,23)/t12-/m1/s1. The first-order valence-corrected chi connectivity index (χ1v) is 9.44. The minimum atomic E-state index is -0.240. The average Bonchev–Trinajstić information content (AvgIpc) is 2.93. The largest absolute Gasteiger partial charge is 0.325 e.